The highest BCUT2D eigenvalue weighted by Gasteiger charge is 2.23. The van der Waals surface area contributed by atoms with Gasteiger partial charge in [0, 0.05) is 57.0 Å². The van der Waals surface area contributed by atoms with Crippen LogP contribution >= 0.6 is 22.6 Å². The van der Waals surface area contributed by atoms with Crippen molar-refractivity contribution in [3.63, 3.8) is 0 Å². The fraction of sp³-hybridized carbons (Fsp3) is 0.241. The number of para-hydroxylation sites is 3. The number of hydrogen-bond donors (Lipinski definition) is 0. The summed E-state index contributed by atoms with van der Waals surface area (Å²) < 4.78 is 12.3. The zero-order valence-electron chi connectivity index (χ0n) is 20.9. The first kappa shape index (κ1) is 25.3. The van der Waals surface area contributed by atoms with E-state index in [1.54, 1.807) is 20.4 Å². The van der Waals surface area contributed by atoms with E-state index >= 15 is 0 Å². The minimum Gasteiger partial charge on any atom is -0.495 e. The quantitative estimate of drug-likeness (QED) is 0.258. The summed E-state index contributed by atoms with van der Waals surface area (Å²) in [5, 5.41) is 1.00. The summed E-state index contributed by atoms with van der Waals surface area (Å²) in [5.74, 6) is 1.40. The maximum atomic E-state index is 13.0. The Balaban J connectivity index is 1.33. The Bertz CT molecular complexity index is 1390. The lowest BCUT2D eigenvalue weighted by Gasteiger charge is -2.36. The highest BCUT2D eigenvalue weighted by atomic mass is 127. The van der Waals surface area contributed by atoms with E-state index in [1.165, 1.54) is 10.5 Å². The third kappa shape index (κ3) is 5.50. The van der Waals surface area contributed by atoms with Gasteiger partial charge in [-0.25, -0.2) is 4.79 Å². The number of fused-ring (bicyclic) bond motifs is 1. The van der Waals surface area contributed by atoms with Crippen LogP contribution in [0, 0.1) is 3.57 Å². The van der Waals surface area contributed by atoms with Gasteiger partial charge < -0.3 is 14.4 Å². The Hall–Kier alpha value is -3.37. The molecule has 4 aromatic rings. The number of hydrogen-bond acceptors (Lipinski definition) is 6. The normalized spacial score (nSPS) is 14.0. The molecule has 190 valence electrons. The number of benzene rings is 3. The first-order valence-corrected chi connectivity index (χ1v) is 13.3. The number of carbonyl (C=O) groups is 1. The maximum absolute atomic E-state index is 13.0. The number of carbonyl (C=O) groups excluding carboxylic acids is 1. The van der Waals surface area contributed by atoms with E-state index in [-0.39, 0.29) is 0 Å². The molecule has 0 atom stereocenters. The molecule has 7 nitrogen and oxygen atoms in total. The summed E-state index contributed by atoms with van der Waals surface area (Å²) in [4.78, 5) is 23.9. The van der Waals surface area contributed by atoms with Gasteiger partial charge in [-0.2, -0.15) is 0 Å². The smallest absolute Gasteiger partial charge is 0.419 e. The van der Waals surface area contributed by atoms with Gasteiger partial charge in [0.2, 0.25) is 0 Å². The number of rotatable bonds is 6. The largest absolute Gasteiger partial charge is 0.495 e. The molecule has 1 aliphatic rings. The van der Waals surface area contributed by atoms with E-state index < -0.39 is 6.09 Å². The number of piperazine rings is 1. The van der Waals surface area contributed by atoms with Gasteiger partial charge in [-0.15, -0.1) is 0 Å². The van der Waals surface area contributed by atoms with Gasteiger partial charge in [0.05, 0.1) is 16.4 Å². The average molecular weight is 608 g/mol. The number of pyridine rings is 1. The molecule has 1 aromatic heterocycles. The maximum Gasteiger partial charge on any atom is 0.419 e. The van der Waals surface area contributed by atoms with Crippen molar-refractivity contribution >= 4 is 51.0 Å². The van der Waals surface area contributed by atoms with Crippen LogP contribution in [0.3, 0.4) is 0 Å². The van der Waals surface area contributed by atoms with Crippen molar-refractivity contribution in [3.05, 3.63) is 88.1 Å². The molecule has 0 bridgehead atoms. The molecule has 0 saturated carbocycles. The molecule has 3 aromatic carbocycles. The van der Waals surface area contributed by atoms with Crippen molar-refractivity contribution < 1.29 is 14.3 Å². The fourth-order valence-electron chi connectivity index (χ4n) is 4.67. The van der Waals surface area contributed by atoms with Gasteiger partial charge in [0.25, 0.3) is 0 Å². The van der Waals surface area contributed by atoms with Crippen LogP contribution < -0.4 is 19.3 Å². The molecule has 0 N–H and O–H groups in total. The summed E-state index contributed by atoms with van der Waals surface area (Å²) in [6.45, 7) is 4.53. The number of halogens is 1. The predicted octanol–water partition coefficient (Wildman–Crippen LogP) is 5.81. The zero-order valence-corrected chi connectivity index (χ0v) is 23.1. The van der Waals surface area contributed by atoms with Gasteiger partial charge in [-0.1, -0.05) is 36.4 Å². The van der Waals surface area contributed by atoms with Crippen molar-refractivity contribution in [2.75, 3.05) is 50.1 Å². The van der Waals surface area contributed by atoms with Crippen LogP contribution in [-0.2, 0) is 6.54 Å². The van der Waals surface area contributed by atoms with E-state index in [0.29, 0.717) is 11.3 Å². The number of amides is 1. The molecule has 0 radical (unpaired) electrons. The molecule has 5 rings (SSSR count). The molecular formula is C29H29IN4O3. The molecule has 0 unspecified atom stereocenters. The SMILES string of the molecule is COc1ccccc1N1CCN(Cc2cc(I)c(OC(=O)N(C)c3ccccc3)c3ncccc23)CC1. The molecule has 1 saturated heterocycles. The monoisotopic (exact) mass is 608 g/mol. The van der Waals surface area contributed by atoms with E-state index in [1.807, 2.05) is 48.5 Å². The summed E-state index contributed by atoms with van der Waals surface area (Å²) >= 11 is 2.24. The molecule has 1 amide bonds. The Morgan fingerprint density at radius 1 is 1.00 bits per heavy atom. The van der Waals surface area contributed by atoms with E-state index in [0.717, 1.165) is 58.8 Å². The average Bonchev–Trinajstić information content (AvgIpc) is 2.95. The number of anilines is 2. The molecular weight excluding hydrogens is 579 g/mol. The number of aromatic nitrogens is 1. The molecule has 0 aliphatic carbocycles. The molecule has 1 fully saturated rings. The highest BCUT2D eigenvalue weighted by molar-refractivity contribution is 14.1. The van der Waals surface area contributed by atoms with Crippen molar-refractivity contribution in [2.45, 2.75) is 6.54 Å². The first-order chi connectivity index (χ1) is 18.0. The van der Waals surface area contributed by atoms with E-state index in [2.05, 4.69) is 61.6 Å². The molecule has 1 aliphatic heterocycles. The van der Waals surface area contributed by atoms with E-state index in [9.17, 15) is 4.79 Å². The molecule has 8 heteroatoms. The Morgan fingerprint density at radius 3 is 2.49 bits per heavy atom. The van der Waals surface area contributed by atoms with Crippen LogP contribution in [0.4, 0.5) is 16.2 Å². The van der Waals surface area contributed by atoms with E-state index in [4.69, 9.17) is 9.47 Å². The van der Waals surface area contributed by atoms with Crippen LogP contribution in [-0.4, -0.2) is 56.3 Å². The topological polar surface area (TPSA) is 58.1 Å². The first-order valence-electron chi connectivity index (χ1n) is 12.2. The van der Waals surface area contributed by atoms with Crippen molar-refractivity contribution in [1.29, 1.82) is 0 Å². The predicted molar refractivity (Wildman–Crippen MR) is 156 cm³/mol. The van der Waals surface area contributed by atoms with Crippen LogP contribution in [0.2, 0.25) is 0 Å². The van der Waals surface area contributed by atoms with Crippen molar-refractivity contribution in [1.82, 2.24) is 9.88 Å². The van der Waals surface area contributed by atoms with Gasteiger partial charge >= 0.3 is 6.09 Å². The van der Waals surface area contributed by atoms with Crippen LogP contribution in [0.25, 0.3) is 10.9 Å². The number of ether oxygens (including phenoxy) is 2. The lowest BCUT2D eigenvalue weighted by Crippen LogP contribution is -2.46. The lowest BCUT2D eigenvalue weighted by molar-refractivity contribution is 0.209. The van der Waals surface area contributed by atoms with Crippen LogP contribution in [0.1, 0.15) is 5.56 Å². The van der Waals surface area contributed by atoms with Gasteiger partial charge in [0.1, 0.15) is 11.3 Å². The zero-order chi connectivity index (χ0) is 25.8. The lowest BCUT2D eigenvalue weighted by atomic mass is 10.1. The Labute approximate surface area is 230 Å². The summed E-state index contributed by atoms with van der Waals surface area (Å²) in [6, 6.07) is 23.7. The standard InChI is InChI=1S/C29H29IN4O3/c1-32(22-9-4-3-5-10-22)29(35)37-28-24(30)19-21(23-11-8-14-31-27(23)28)20-33-15-17-34(18-16-33)25-12-6-7-13-26(25)36-2/h3-14,19H,15-18,20H2,1-2H3. The van der Waals surface area contributed by atoms with Crippen molar-refractivity contribution in [2.24, 2.45) is 0 Å². The highest BCUT2D eigenvalue weighted by Crippen LogP contribution is 2.34. The minimum absolute atomic E-state index is 0.448. The summed E-state index contributed by atoms with van der Waals surface area (Å²) in [6.07, 6.45) is 1.29. The van der Waals surface area contributed by atoms with Crippen LogP contribution in [0.15, 0.2) is 79.0 Å². The third-order valence-electron chi connectivity index (χ3n) is 6.69. The van der Waals surface area contributed by atoms with Gasteiger partial charge in [-0.05, 0) is 64.6 Å². The number of nitrogens with zero attached hydrogens (tertiary/aromatic N) is 4. The Kier molecular flexibility index (Phi) is 7.76. The van der Waals surface area contributed by atoms with Crippen molar-refractivity contribution in [3.8, 4) is 11.5 Å². The third-order valence-corrected chi connectivity index (χ3v) is 7.49. The fourth-order valence-corrected chi connectivity index (χ4v) is 5.42. The van der Waals surface area contributed by atoms with Gasteiger partial charge in [0.15, 0.2) is 5.75 Å². The van der Waals surface area contributed by atoms with Gasteiger partial charge in [-0.3, -0.25) is 14.8 Å². The second-order valence-corrected chi connectivity index (χ2v) is 10.1. The Morgan fingerprint density at radius 2 is 1.73 bits per heavy atom. The second kappa shape index (κ2) is 11.4. The summed E-state index contributed by atoms with van der Waals surface area (Å²) in [7, 11) is 3.43. The van der Waals surface area contributed by atoms with Crippen LogP contribution in [0.5, 0.6) is 11.5 Å². The molecule has 0 spiro atoms. The molecule has 37 heavy (non-hydrogen) atoms. The number of methoxy groups -OCH3 is 1. The minimum atomic E-state index is -0.448. The molecule has 2 heterocycles. The second-order valence-electron chi connectivity index (χ2n) is 8.94. The summed E-state index contributed by atoms with van der Waals surface area (Å²) in [5.41, 5.74) is 3.78.